The second-order valence-electron chi connectivity index (χ2n) is 4.64. The lowest BCUT2D eigenvalue weighted by molar-refractivity contribution is 0.796. The Balaban J connectivity index is 1.84. The van der Waals surface area contributed by atoms with Gasteiger partial charge in [0.1, 0.15) is 5.82 Å². The summed E-state index contributed by atoms with van der Waals surface area (Å²) in [6, 6.07) is 7.15. The first-order chi connectivity index (χ1) is 8.86. The van der Waals surface area contributed by atoms with Crippen LogP contribution in [0.15, 0.2) is 35.2 Å². The number of hydrogen-bond donors (Lipinski definition) is 1. The molecule has 2 aromatic rings. The predicted octanol–water partition coefficient (Wildman–Crippen LogP) is 3.35. The molecular weight excluding hydrogens is 242 g/mol. The van der Waals surface area contributed by atoms with E-state index in [1.54, 1.807) is 11.3 Å². The Morgan fingerprint density at radius 2 is 2.33 bits per heavy atom. The fourth-order valence-electron chi connectivity index (χ4n) is 2.13. The zero-order chi connectivity index (χ0) is 12.4. The SMILES string of the molecule is CNc1cc(N(Cc2ccsc2)C2CC2)ccn1. The predicted molar refractivity (Wildman–Crippen MR) is 77.3 cm³/mol. The van der Waals surface area contributed by atoms with Crippen molar-refractivity contribution >= 4 is 22.8 Å². The molecule has 2 heterocycles. The van der Waals surface area contributed by atoms with Crippen molar-refractivity contribution in [3.05, 3.63) is 40.7 Å². The van der Waals surface area contributed by atoms with Gasteiger partial charge in [-0.15, -0.1) is 0 Å². The van der Waals surface area contributed by atoms with Gasteiger partial charge in [-0.2, -0.15) is 11.3 Å². The molecule has 1 aliphatic carbocycles. The van der Waals surface area contributed by atoms with E-state index in [4.69, 9.17) is 0 Å². The third kappa shape index (κ3) is 2.48. The number of hydrogen-bond acceptors (Lipinski definition) is 4. The summed E-state index contributed by atoms with van der Waals surface area (Å²) in [6.07, 6.45) is 4.49. The fourth-order valence-corrected chi connectivity index (χ4v) is 2.79. The lowest BCUT2D eigenvalue weighted by Gasteiger charge is -2.24. The minimum atomic E-state index is 0.706. The normalized spacial score (nSPS) is 14.5. The highest BCUT2D eigenvalue weighted by atomic mass is 32.1. The minimum Gasteiger partial charge on any atom is -0.373 e. The van der Waals surface area contributed by atoms with Gasteiger partial charge in [-0.1, -0.05) is 0 Å². The summed E-state index contributed by atoms with van der Waals surface area (Å²) in [5.74, 6) is 0.934. The Hall–Kier alpha value is -1.55. The monoisotopic (exact) mass is 259 g/mol. The number of rotatable bonds is 5. The summed E-state index contributed by atoms with van der Waals surface area (Å²) in [5.41, 5.74) is 2.66. The molecule has 94 valence electrons. The maximum atomic E-state index is 4.28. The average molecular weight is 259 g/mol. The molecule has 0 spiro atoms. The van der Waals surface area contributed by atoms with Crippen molar-refractivity contribution < 1.29 is 0 Å². The average Bonchev–Trinajstić information content (AvgIpc) is 3.13. The molecule has 0 amide bonds. The number of nitrogens with zero attached hydrogens (tertiary/aromatic N) is 2. The number of aromatic nitrogens is 1. The van der Waals surface area contributed by atoms with E-state index >= 15 is 0 Å². The van der Waals surface area contributed by atoms with Gasteiger partial charge in [-0.05, 0) is 41.3 Å². The zero-order valence-electron chi connectivity index (χ0n) is 10.5. The maximum Gasteiger partial charge on any atom is 0.127 e. The summed E-state index contributed by atoms with van der Waals surface area (Å²) in [6.45, 7) is 1.00. The fraction of sp³-hybridized carbons (Fsp3) is 0.357. The first-order valence-electron chi connectivity index (χ1n) is 6.28. The van der Waals surface area contributed by atoms with Crippen LogP contribution in [0.3, 0.4) is 0 Å². The van der Waals surface area contributed by atoms with Crippen LogP contribution in [0.25, 0.3) is 0 Å². The lowest BCUT2D eigenvalue weighted by Crippen LogP contribution is -2.24. The third-order valence-electron chi connectivity index (χ3n) is 3.25. The quantitative estimate of drug-likeness (QED) is 0.892. The molecular formula is C14H17N3S. The van der Waals surface area contributed by atoms with E-state index in [-0.39, 0.29) is 0 Å². The van der Waals surface area contributed by atoms with Crippen LogP contribution in [0.4, 0.5) is 11.5 Å². The van der Waals surface area contributed by atoms with E-state index < -0.39 is 0 Å². The highest BCUT2D eigenvalue weighted by Crippen LogP contribution is 2.33. The molecule has 1 N–H and O–H groups in total. The standard InChI is InChI=1S/C14H17N3S/c1-15-14-8-13(4-6-16-14)17(12-2-3-12)9-11-5-7-18-10-11/h4-8,10,12H,2-3,9H2,1H3,(H,15,16). The van der Waals surface area contributed by atoms with Gasteiger partial charge < -0.3 is 10.2 Å². The van der Waals surface area contributed by atoms with E-state index in [0.29, 0.717) is 6.04 Å². The topological polar surface area (TPSA) is 28.2 Å². The van der Waals surface area contributed by atoms with E-state index in [0.717, 1.165) is 12.4 Å². The molecule has 0 unspecified atom stereocenters. The summed E-state index contributed by atoms with van der Waals surface area (Å²) in [4.78, 5) is 6.77. The minimum absolute atomic E-state index is 0.706. The van der Waals surface area contributed by atoms with E-state index in [1.807, 2.05) is 13.2 Å². The van der Waals surface area contributed by atoms with Gasteiger partial charge in [0.25, 0.3) is 0 Å². The van der Waals surface area contributed by atoms with Gasteiger partial charge in [-0.25, -0.2) is 4.98 Å². The van der Waals surface area contributed by atoms with Gasteiger partial charge in [-0.3, -0.25) is 0 Å². The maximum absolute atomic E-state index is 4.28. The largest absolute Gasteiger partial charge is 0.373 e. The zero-order valence-corrected chi connectivity index (χ0v) is 11.3. The molecule has 0 aromatic carbocycles. The smallest absolute Gasteiger partial charge is 0.127 e. The van der Waals surface area contributed by atoms with Crippen molar-refractivity contribution in [3.8, 4) is 0 Å². The molecule has 0 bridgehead atoms. The molecule has 0 atom stereocenters. The molecule has 0 aliphatic heterocycles. The molecule has 18 heavy (non-hydrogen) atoms. The van der Waals surface area contributed by atoms with Crippen molar-refractivity contribution in [1.29, 1.82) is 0 Å². The molecule has 1 saturated carbocycles. The van der Waals surface area contributed by atoms with Crippen molar-refractivity contribution in [3.63, 3.8) is 0 Å². The Morgan fingerprint density at radius 3 is 3.00 bits per heavy atom. The molecule has 0 radical (unpaired) electrons. The van der Waals surface area contributed by atoms with Crippen LogP contribution < -0.4 is 10.2 Å². The Kier molecular flexibility index (Phi) is 3.19. The Bertz CT molecular complexity index is 506. The molecule has 4 heteroatoms. The van der Waals surface area contributed by atoms with E-state index in [9.17, 15) is 0 Å². The van der Waals surface area contributed by atoms with Crippen LogP contribution in [0.2, 0.25) is 0 Å². The van der Waals surface area contributed by atoms with Crippen molar-refractivity contribution in [2.75, 3.05) is 17.3 Å². The van der Waals surface area contributed by atoms with Crippen molar-refractivity contribution in [2.45, 2.75) is 25.4 Å². The van der Waals surface area contributed by atoms with Crippen molar-refractivity contribution in [1.82, 2.24) is 4.98 Å². The third-order valence-corrected chi connectivity index (χ3v) is 3.98. The molecule has 1 fully saturated rings. The number of pyridine rings is 1. The molecule has 3 nitrogen and oxygen atoms in total. The van der Waals surface area contributed by atoms with Gasteiger partial charge >= 0.3 is 0 Å². The van der Waals surface area contributed by atoms with Gasteiger partial charge in [0.2, 0.25) is 0 Å². The van der Waals surface area contributed by atoms with Crippen LogP contribution in [0, 0.1) is 0 Å². The highest BCUT2D eigenvalue weighted by molar-refractivity contribution is 7.07. The van der Waals surface area contributed by atoms with Gasteiger partial charge in [0, 0.05) is 37.6 Å². The summed E-state index contributed by atoms with van der Waals surface area (Å²) >= 11 is 1.77. The van der Waals surface area contributed by atoms with Crippen LogP contribution in [-0.4, -0.2) is 18.1 Å². The summed E-state index contributed by atoms with van der Waals surface area (Å²) < 4.78 is 0. The molecule has 0 saturated heterocycles. The van der Waals surface area contributed by atoms with Crippen LogP contribution >= 0.6 is 11.3 Å². The number of anilines is 2. The van der Waals surface area contributed by atoms with Gasteiger partial charge in [0.15, 0.2) is 0 Å². The number of nitrogens with one attached hydrogen (secondary N) is 1. The van der Waals surface area contributed by atoms with E-state index in [1.165, 1.54) is 24.1 Å². The Morgan fingerprint density at radius 1 is 1.44 bits per heavy atom. The lowest BCUT2D eigenvalue weighted by atomic mass is 10.2. The van der Waals surface area contributed by atoms with Crippen molar-refractivity contribution in [2.24, 2.45) is 0 Å². The first kappa shape index (κ1) is 11.5. The summed E-state index contributed by atoms with van der Waals surface area (Å²) in [5, 5.41) is 7.48. The Labute approximate surface area is 111 Å². The van der Waals surface area contributed by atoms with E-state index in [2.05, 4.69) is 44.2 Å². The first-order valence-corrected chi connectivity index (χ1v) is 7.22. The summed E-state index contributed by atoms with van der Waals surface area (Å²) in [7, 11) is 1.91. The molecule has 2 aromatic heterocycles. The van der Waals surface area contributed by atoms with Crippen LogP contribution in [-0.2, 0) is 6.54 Å². The number of thiophene rings is 1. The molecule has 1 aliphatic rings. The second kappa shape index (κ2) is 4.98. The van der Waals surface area contributed by atoms with Crippen LogP contribution in [0.5, 0.6) is 0 Å². The second-order valence-corrected chi connectivity index (χ2v) is 5.42. The molecule has 3 rings (SSSR count). The van der Waals surface area contributed by atoms with Crippen LogP contribution in [0.1, 0.15) is 18.4 Å². The van der Waals surface area contributed by atoms with Gasteiger partial charge in [0.05, 0.1) is 0 Å². The highest BCUT2D eigenvalue weighted by Gasteiger charge is 2.29.